The zero-order valence-electron chi connectivity index (χ0n) is 17.9. The summed E-state index contributed by atoms with van der Waals surface area (Å²) < 4.78 is 12.7. The summed E-state index contributed by atoms with van der Waals surface area (Å²) >= 11 is 8.43. The van der Waals surface area contributed by atoms with Crippen LogP contribution < -0.4 is 14.9 Å². The number of nitrogens with one attached hydrogen (secondary N) is 1. The zero-order chi connectivity index (χ0) is 22.9. The zero-order valence-corrected chi connectivity index (χ0v) is 20.8. The molecular weight excluding hydrogens is 539 g/mol. The summed E-state index contributed by atoms with van der Waals surface area (Å²) in [6.45, 7) is 4.75. The van der Waals surface area contributed by atoms with Crippen molar-refractivity contribution >= 4 is 46.3 Å². The number of hydrazone groups is 1. The number of benzene rings is 3. The SMILES string of the molecule is CCOc1cc(/C=N/NC(=O)Cc2ccc(C)cc2)cc(I)c1OCc1ccccc1Cl. The summed E-state index contributed by atoms with van der Waals surface area (Å²) in [5.41, 5.74) is 6.36. The molecule has 1 N–H and O–H groups in total. The van der Waals surface area contributed by atoms with Crippen LogP contribution in [-0.2, 0) is 17.8 Å². The van der Waals surface area contributed by atoms with E-state index in [0.717, 1.165) is 25.8 Å². The Bertz CT molecular complexity index is 1100. The van der Waals surface area contributed by atoms with Crippen LogP contribution in [0.1, 0.15) is 29.2 Å². The molecule has 0 atom stereocenters. The molecule has 0 saturated heterocycles. The number of ether oxygens (including phenoxy) is 2. The summed E-state index contributed by atoms with van der Waals surface area (Å²) in [4.78, 5) is 12.1. The van der Waals surface area contributed by atoms with E-state index in [1.807, 2.05) is 74.5 Å². The van der Waals surface area contributed by atoms with Crippen LogP contribution in [0, 0.1) is 10.5 Å². The van der Waals surface area contributed by atoms with Gasteiger partial charge in [-0.25, -0.2) is 5.43 Å². The Labute approximate surface area is 206 Å². The topological polar surface area (TPSA) is 59.9 Å². The van der Waals surface area contributed by atoms with Crippen molar-refractivity contribution in [2.24, 2.45) is 5.10 Å². The first-order valence-corrected chi connectivity index (χ1v) is 11.6. The molecule has 0 unspecified atom stereocenters. The molecule has 1 amide bonds. The van der Waals surface area contributed by atoms with E-state index in [-0.39, 0.29) is 12.3 Å². The van der Waals surface area contributed by atoms with Crippen molar-refractivity contribution in [3.63, 3.8) is 0 Å². The lowest BCUT2D eigenvalue weighted by Gasteiger charge is -2.15. The van der Waals surface area contributed by atoms with Gasteiger partial charge in [0.05, 0.1) is 22.8 Å². The molecule has 0 radical (unpaired) electrons. The molecule has 7 heteroatoms. The van der Waals surface area contributed by atoms with Crippen LogP contribution in [0.2, 0.25) is 5.02 Å². The van der Waals surface area contributed by atoms with Gasteiger partial charge in [0.15, 0.2) is 11.5 Å². The Hall–Kier alpha value is -2.58. The molecule has 0 saturated carbocycles. The van der Waals surface area contributed by atoms with Crippen LogP contribution in [0.4, 0.5) is 0 Å². The van der Waals surface area contributed by atoms with Gasteiger partial charge < -0.3 is 9.47 Å². The van der Waals surface area contributed by atoms with Gasteiger partial charge in [-0.05, 0) is 65.8 Å². The number of carbonyl (C=O) groups excluding carboxylic acids is 1. The number of rotatable bonds is 9. The molecule has 0 fully saturated rings. The first-order chi connectivity index (χ1) is 15.5. The van der Waals surface area contributed by atoms with Crippen LogP contribution in [-0.4, -0.2) is 18.7 Å². The van der Waals surface area contributed by atoms with Crippen molar-refractivity contribution in [2.45, 2.75) is 26.9 Å². The fourth-order valence-corrected chi connectivity index (χ4v) is 3.91. The predicted molar refractivity (Wildman–Crippen MR) is 137 cm³/mol. The first-order valence-electron chi connectivity index (χ1n) is 10.2. The molecule has 0 bridgehead atoms. The summed E-state index contributed by atoms with van der Waals surface area (Å²) in [5.74, 6) is 1.08. The van der Waals surface area contributed by atoms with Gasteiger partial charge in [0, 0.05) is 10.6 Å². The first kappa shape index (κ1) is 24.1. The number of carbonyl (C=O) groups is 1. The summed E-state index contributed by atoms with van der Waals surface area (Å²) in [6, 6.07) is 19.2. The molecule has 0 heterocycles. The van der Waals surface area contributed by atoms with Gasteiger partial charge in [0.25, 0.3) is 0 Å². The lowest BCUT2D eigenvalue weighted by Crippen LogP contribution is -2.19. The smallest absolute Gasteiger partial charge is 0.244 e. The van der Waals surface area contributed by atoms with E-state index in [1.165, 1.54) is 0 Å². The molecule has 0 aromatic heterocycles. The largest absolute Gasteiger partial charge is 0.490 e. The highest BCUT2D eigenvalue weighted by atomic mass is 127. The van der Waals surface area contributed by atoms with Crippen molar-refractivity contribution in [3.8, 4) is 11.5 Å². The van der Waals surface area contributed by atoms with Crippen molar-refractivity contribution in [2.75, 3.05) is 6.61 Å². The Balaban J connectivity index is 1.67. The standard InChI is InChI=1S/C25H24ClIN2O3/c1-3-31-23-13-19(15-28-29-24(30)14-18-10-8-17(2)9-11-18)12-22(27)25(23)32-16-20-6-4-5-7-21(20)26/h4-13,15H,3,14,16H2,1-2H3,(H,29,30)/b28-15+. The van der Waals surface area contributed by atoms with Gasteiger partial charge in [-0.2, -0.15) is 5.10 Å². The summed E-state index contributed by atoms with van der Waals surface area (Å²) in [6.07, 6.45) is 1.86. The van der Waals surface area contributed by atoms with Crippen LogP contribution in [0.3, 0.4) is 0 Å². The molecule has 0 spiro atoms. The van der Waals surface area contributed by atoms with E-state index in [4.69, 9.17) is 21.1 Å². The van der Waals surface area contributed by atoms with Gasteiger partial charge in [0.1, 0.15) is 6.61 Å². The van der Waals surface area contributed by atoms with Gasteiger partial charge in [-0.3, -0.25) is 4.79 Å². The van der Waals surface area contributed by atoms with Crippen LogP contribution in [0.5, 0.6) is 11.5 Å². The maximum absolute atomic E-state index is 12.1. The van der Waals surface area contributed by atoms with Crippen LogP contribution >= 0.6 is 34.2 Å². The number of hydrogen-bond acceptors (Lipinski definition) is 4. The van der Waals surface area contributed by atoms with Crippen molar-refractivity contribution < 1.29 is 14.3 Å². The highest BCUT2D eigenvalue weighted by molar-refractivity contribution is 14.1. The van der Waals surface area contributed by atoms with Crippen molar-refractivity contribution in [1.82, 2.24) is 5.43 Å². The summed E-state index contributed by atoms with van der Waals surface area (Å²) in [7, 11) is 0. The highest BCUT2D eigenvalue weighted by Gasteiger charge is 2.13. The maximum Gasteiger partial charge on any atom is 0.244 e. The van der Waals surface area contributed by atoms with Gasteiger partial charge in [0.2, 0.25) is 5.91 Å². The minimum atomic E-state index is -0.176. The third-order valence-electron chi connectivity index (χ3n) is 4.55. The fraction of sp³-hybridized carbons (Fsp3) is 0.200. The highest BCUT2D eigenvalue weighted by Crippen LogP contribution is 2.35. The number of halogens is 2. The van der Waals surface area contributed by atoms with E-state index >= 15 is 0 Å². The number of hydrogen-bond donors (Lipinski definition) is 1. The average molecular weight is 563 g/mol. The predicted octanol–water partition coefficient (Wildman–Crippen LogP) is 5.92. The van der Waals surface area contributed by atoms with Crippen LogP contribution in [0.15, 0.2) is 65.8 Å². The second-order valence-corrected chi connectivity index (χ2v) is 8.67. The summed E-state index contributed by atoms with van der Waals surface area (Å²) in [5, 5.41) is 4.75. The Morgan fingerprint density at radius 3 is 2.59 bits per heavy atom. The van der Waals surface area contributed by atoms with E-state index in [0.29, 0.717) is 29.7 Å². The molecule has 0 aliphatic heterocycles. The molecule has 0 aliphatic carbocycles. The quantitative estimate of drug-likeness (QED) is 0.200. The second kappa shape index (κ2) is 11.9. The van der Waals surface area contributed by atoms with E-state index in [9.17, 15) is 4.79 Å². The lowest BCUT2D eigenvalue weighted by molar-refractivity contribution is -0.120. The molecule has 0 aliphatic rings. The van der Waals surface area contributed by atoms with E-state index in [1.54, 1.807) is 6.21 Å². The van der Waals surface area contributed by atoms with Crippen molar-refractivity contribution in [3.05, 3.63) is 91.5 Å². The molecule has 3 rings (SSSR count). The van der Waals surface area contributed by atoms with Gasteiger partial charge in [-0.1, -0.05) is 59.6 Å². The van der Waals surface area contributed by atoms with Gasteiger partial charge >= 0.3 is 0 Å². The van der Waals surface area contributed by atoms with Gasteiger partial charge in [-0.15, -0.1) is 0 Å². The molecule has 3 aromatic carbocycles. The molecule has 3 aromatic rings. The van der Waals surface area contributed by atoms with Crippen molar-refractivity contribution in [1.29, 1.82) is 0 Å². The Morgan fingerprint density at radius 1 is 1.12 bits per heavy atom. The number of nitrogens with zero attached hydrogens (tertiary/aromatic N) is 1. The normalized spacial score (nSPS) is 10.9. The third-order valence-corrected chi connectivity index (χ3v) is 5.72. The minimum absolute atomic E-state index is 0.176. The lowest BCUT2D eigenvalue weighted by atomic mass is 10.1. The number of aryl methyl sites for hydroxylation is 1. The van der Waals surface area contributed by atoms with E-state index < -0.39 is 0 Å². The fourth-order valence-electron chi connectivity index (χ4n) is 2.94. The second-order valence-electron chi connectivity index (χ2n) is 7.10. The average Bonchev–Trinajstić information content (AvgIpc) is 2.76. The Kier molecular flexibility index (Phi) is 8.93. The third kappa shape index (κ3) is 6.97. The number of amides is 1. The molecule has 5 nitrogen and oxygen atoms in total. The minimum Gasteiger partial charge on any atom is -0.490 e. The Morgan fingerprint density at radius 2 is 1.88 bits per heavy atom. The molecule has 166 valence electrons. The molecular formula is C25H24ClIN2O3. The van der Waals surface area contributed by atoms with Crippen LogP contribution in [0.25, 0.3) is 0 Å². The monoisotopic (exact) mass is 562 g/mol. The molecule has 32 heavy (non-hydrogen) atoms. The van der Waals surface area contributed by atoms with E-state index in [2.05, 4.69) is 33.1 Å². The maximum atomic E-state index is 12.1.